The van der Waals surface area contributed by atoms with E-state index in [9.17, 15) is 4.79 Å². The van der Waals surface area contributed by atoms with Crippen LogP contribution < -0.4 is 5.48 Å². The quantitative estimate of drug-likeness (QED) is 0.581. The summed E-state index contributed by atoms with van der Waals surface area (Å²) in [5, 5.41) is 0.105. The highest BCUT2D eigenvalue weighted by atomic mass is 35.5. The number of amides is 1. The summed E-state index contributed by atoms with van der Waals surface area (Å²) in [6.07, 6.45) is 2.65. The minimum atomic E-state index is -0.390. The average molecular weight is 202 g/mol. The van der Waals surface area contributed by atoms with Crippen LogP contribution in [0.25, 0.3) is 0 Å². The van der Waals surface area contributed by atoms with Crippen molar-refractivity contribution >= 4 is 17.5 Å². The summed E-state index contributed by atoms with van der Waals surface area (Å²) in [5.74, 6) is -0.390. The fourth-order valence-corrected chi connectivity index (χ4v) is 0.724. The molecule has 13 heavy (non-hydrogen) atoms. The van der Waals surface area contributed by atoms with Gasteiger partial charge >= 0.3 is 0 Å². The van der Waals surface area contributed by atoms with Crippen molar-refractivity contribution in [2.75, 3.05) is 6.61 Å². The molecule has 70 valence electrons. The van der Waals surface area contributed by atoms with Crippen LogP contribution in [0, 0.1) is 0 Å². The van der Waals surface area contributed by atoms with Gasteiger partial charge in [-0.15, -0.1) is 0 Å². The number of nitrogens with one attached hydrogen (secondary N) is 1. The number of nitrogens with zero attached hydrogens (tertiary/aromatic N) is 2. The molecule has 0 atom stereocenters. The second-order valence-corrected chi connectivity index (χ2v) is 2.44. The molecule has 1 N–H and O–H groups in total. The topological polar surface area (TPSA) is 64.1 Å². The first-order valence-corrected chi connectivity index (χ1v) is 4.01. The van der Waals surface area contributed by atoms with Crippen LogP contribution in [0.1, 0.15) is 17.3 Å². The Kier molecular flexibility index (Phi) is 3.60. The molecule has 0 aromatic carbocycles. The lowest BCUT2D eigenvalue weighted by Gasteiger charge is -2.01. The van der Waals surface area contributed by atoms with E-state index < -0.39 is 5.91 Å². The van der Waals surface area contributed by atoms with Crippen molar-refractivity contribution in [3.05, 3.63) is 23.2 Å². The Morgan fingerprint density at radius 3 is 2.77 bits per heavy atom. The highest BCUT2D eigenvalue weighted by molar-refractivity contribution is 6.28. The summed E-state index contributed by atoms with van der Waals surface area (Å²) in [4.78, 5) is 23.1. The van der Waals surface area contributed by atoms with Gasteiger partial charge in [-0.05, 0) is 18.5 Å². The zero-order valence-corrected chi connectivity index (χ0v) is 7.71. The van der Waals surface area contributed by atoms with Crippen molar-refractivity contribution in [2.24, 2.45) is 0 Å². The summed E-state index contributed by atoms with van der Waals surface area (Å²) >= 11 is 5.44. The zero-order chi connectivity index (χ0) is 9.68. The van der Waals surface area contributed by atoms with Gasteiger partial charge in [0.15, 0.2) is 0 Å². The summed E-state index contributed by atoms with van der Waals surface area (Å²) in [6, 6.07) is 0. The fraction of sp³-hybridized carbons (Fsp3) is 0.286. The average Bonchev–Trinajstić information content (AvgIpc) is 2.15. The maximum atomic E-state index is 11.2. The normalized spacial score (nSPS) is 9.69. The van der Waals surface area contributed by atoms with Gasteiger partial charge < -0.3 is 0 Å². The molecule has 0 spiro atoms. The van der Waals surface area contributed by atoms with Crippen molar-refractivity contribution in [3.63, 3.8) is 0 Å². The van der Waals surface area contributed by atoms with Crippen LogP contribution in [-0.2, 0) is 4.84 Å². The molecule has 0 radical (unpaired) electrons. The van der Waals surface area contributed by atoms with Gasteiger partial charge in [0.25, 0.3) is 5.91 Å². The molecule has 0 fully saturated rings. The Labute approximate surface area is 80.0 Å². The van der Waals surface area contributed by atoms with E-state index in [4.69, 9.17) is 16.4 Å². The first-order valence-electron chi connectivity index (χ1n) is 3.63. The minimum Gasteiger partial charge on any atom is -0.274 e. The first kappa shape index (κ1) is 9.88. The van der Waals surface area contributed by atoms with Crippen LogP contribution in [0.5, 0.6) is 0 Å². The summed E-state index contributed by atoms with van der Waals surface area (Å²) in [6.45, 7) is 2.17. The predicted molar refractivity (Wildman–Crippen MR) is 46.1 cm³/mol. The highest BCUT2D eigenvalue weighted by Gasteiger charge is 2.05. The Bertz CT molecular complexity index is 288. The van der Waals surface area contributed by atoms with Crippen molar-refractivity contribution in [1.29, 1.82) is 0 Å². The highest BCUT2D eigenvalue weighted by Crippen LogP contribution is 2.00. The maximum Gasteiger partial charge on any atom is 0.277 e. The third kappa shape index (κ3) is 2.96. The number of halogens is 1. The number of hydrogen-bond donors (Lipinski definition) is 1. The molecule has 0 aliphatic carbocycles. The van der Waals surface area contributed by atoms with E-state index in [0.29, 0.717) is 12.2 Å². The van der Waals surface area contributed by atoms with Gasteiger partial charge in [-0.3, -0.25) is 9.63 Å². The fourth-order valence-electron chi connectivity index (χ4n) is 0.626. The van der Waals surface area contributed by atoms with Crippen LogP contribution in [0.15, 0.2) is 12.4 Å². The molecule has 5 nitrogen and oxygen atoms in total. The Morgan fingerprint density at radius 2 is 2.23 bits per heavy atom. The maximum absolute atomic E-state index is 11.2. The van der Waals surface area contributed by atoms with E-state index >= 15 is 0 Å². The van der Waals surface area contributed by atoms with Crippen molar-refractivity contribution < 1.29 is 9.63 Å². The standard InChI is InChI=1S/C7H8ClN3O2/c1-2-13-11-6(12)5-3-9-7(8)10-4-5/h3-4H,2H2,1H3,(H,11,12). The molecule has 1 aromatic rings. The summed E-state index contributed by atoms with van der Waals surface area (Å²) < 4.78 is 0. The molecule has 1 heterocycles. The van der Waals surface area contributed by atoms with Gasteiger partial charge in [0, 0.05) is 12.4 Å². The molecule has 0 unspecified atom stereocenters. The van der Waals surface area contributed by atoms with Crippen LogP contribution in [0.3, 0.4) is 0 Å². The summed E-state index contributed by atoms with van der Waals surface area (Å²) in [7, 11) is 0. The number of aromatic nitrogens is 2. The number of hydrogen-bond acceptors (Lipinski definition) is 4. The van der Waals surface area contributed by atoms with E-state index in [1.165, 1.54) is 12.4 Å². The van der Waals surface area contributed by atoms with Crippen molar-refractivity contribution in [3.8, 4) is 0 Å². The lowest BCUT2D eigenvalue weighted by atomic mass is 10.3. The SMILES string of the molecule is CCONC(=O)c1cnc(Cl)nc1. The molecular weight excluding hydrogens is 194 g/mol. The Morgan fingerprint density at radius 1 is 1.62 bits per heavy atom. The van der Waals surface area contributed by atoms with E-state index in [0.717, 1.165) is 0 Å². The van der Waals surface area contributed by atoms with Gasteiger partial charge in [-0.25, -0.2) is 15.4 Å². The molecule has 1 aromatic heterocycles. The zero-order valence-electron chi connectivity index (χ0n) is 6.95. The molecule has 0 aliphatic heterocycles. The van der Waals surface area contributed by atoms with E-state index in [-0.39, 0.29) is 5.28 Å². The summed E-state index contributed by atoms with van der Waals surface area (Å²) in [5.41, 5.74) is 2.51. The third-order valence-electron chi connectivity index (χ3n) is 1.19. The second-order valence-electron chi connectivity index (χ2n) is 2.10. The van der Waals surface area contributed by atoms with Crippen LogP contribution >= 0.6 is 11.6 Å². The van der Waals surface area contributed by atoms with E-state index in [1.807, 2.05) is 0 Å². The van der Waals surface area contributed by atoms with E-state index in [2.05, 4.69) is 15.4 Å². The minimum absolute atomic E-state index is 0.105. The third-order valence-corrected chi connectivity index (χ3v) is 1.39. The number of carbonyl (C=O) groups excluding carboxylic acids is 1. The largest absolute Gasteiger partial charge is 0.277 e. The van der Waals surface area contributed by atoms with Crippen molar-refractivity contribution in [2.45, 2.75) is 6.92 Å². The van der Waals surface area contributed by atoms with Gasteiger partial charge in [-0.2, -0.15) is 0 Å². The lowest BCUT2D eigenvalue weighted by molar-refractivity contribution is 0.0364. The first-order chi connectivity index (χ1) is 6.24. The van der Waals surface area contributed by atoms with Crippen LogP contribution in [0.2, 0.25) is 5.28 Å². The molecule has 1 rings (SSSR count). The van der Waals surface area contributed by atoms with Gasteiger partial charge in [-0.1, -0.05) is 0 Å². The molecule has 1 amide bonds. The van der Waals surface area contributed by atoms with Crippen LogP contribution in [0.4, 0.5) is 0 Å². The lowest BCUT2D eigenvalue weighted by Crippen LogP contribution is -2.23. The molecule has 0 aliphatic rings. The van der Waals surface area contributed by atoms with Crippen molar-refractivity contribution in [1.82, 2.24) is 15.4 Å². The predicted octanol–water partition coefficient (Wildman–Crippen LogP) is 0.811. The van der Waals surface area contributed by atoms with Gasteiger partial charge in [0.05, 0.1) is 12.2 Å². The van der Waals surface area contributed by atoms with Gasteiger partial charge in [0.1, 0.15) is 0 Å². The smallest absolute Gasteiger partial charge is 0.274 e. The van der Waals surface area contributed by atoms with Gasteiger partial charge in [0.2, 0.25) is 5.28 Å². The van der Waals surface area contributed by atoms with E-state index in [1.54, 1.807) is 6.92 Å². The van der Waals surface area contributed by atoms with Crippen LogP contribution in [-0.4, -0.2) is 22.5 Å². The number of rotatable bonds is 3. The molecule has 6 heteroatoms. The second kappa shape index (κ2) is 4.74. The monoisotopic (exact) mass is 201 g/mol. The number of hydroxylamine groups is 1. The Balaban J connectivity index is 2.61. The molecule has 0 saturated heterocycles. The molecule has 0 saturated carbocycles. The molecule has 0 bridgehead atoms. The Hall–Kier alpha value is -1.20. The number of carbonyl (C=O) groups is 1. The molecular formula is C7H8ClN3O2.